The third kappa shape index (κ3) is 5.92. The zero-order valence-corrected chi connectivity index (χ0v) is 21.7. The fourth-order valence-corrected chi connectivity index (χ4v) is 5.45. The molecule has 0 bridgehead atoms. The van der Waals surface area contributed by atoms with Crippen LogP contribution in [0.25, 0.3) is 0 Å². The van der Waals surface area contributed by atoms with Crippen LogP contribution in [0.15, 0.2) is 24.3 Å². The summed E-state index contributed by atoms with van der Waals surface area (Å²) < 4.78 is 18.1. The van der Waals surface area contributed by atoms with E-state index in [1.807, 2.05) is 13.8 Å². The van der Waals surface area contributed by atoms with Gasteiger partial charge >= 0.3 is 5.97 Å². The summed E-state index contributed by atoms with van der Waals surface area (Å²) >= 11 is 6.88. The molecule has 0 radical (unpaired) electrons. The molecule has 1 aliphatic rings. The van der Waals surface area contributed by atoms with Crippen molar-refractivity contribution >= 4 is 45.5 Å². The van der Waals surface area contributed by atoms with Crippen molar-refractivity contribution in [2.45, 2.75) is 27.3 Å². The Bertz CT molecular complexity index is 1030. The number of methoxy groups -OCH3 is 1. The molecule has 1 aromatic carbocycles. The molecule has 1 amide bonds. The molecule has 1 saturated heterocycles. The lowest BCUT2D eigenvalue weighted by Crippen LogP contribution is -2.49. The average Bonchev–Trinajstić information content (AvgIpc) is 3.16. The van der Waals surface area contributed by atoms with Crippen molar-refractivity contribution in [3.05, 3.63) is 51.7 Å². The van der Waals surface area contributed by atoms with E-state index in [9.17, 15) is 14.0 Å². The van der Waals surface area contributed by atoms with Gasteiger partial charge in [-0.15, -0.1) is 11.3 Å². The van der Waals surface area contributed by atoms with E-state index in [-0.39, 0.29) is 11.7 Å². The topological polar surface area (TPSA) is 65.1 Å². The van der Waals surface area contributed by atoms with Gasteiger partial charge in [0.1, 0.15) is 10.8 Å². The van der Waals surface area contributed by atoms with Crippen molar-refractivity contribution in [3.8, 4) is 0 Å². The van der Waals surface area contributed by atoms with Crippen LogP contribution in [-0.2, 0) is 11.3 Å². The van der Waals surface area contributed by atoms with Gasteiger partial charge in [0, 0.05) is 45.8 Å². The summed E-state index contributed by atoms with van der Waals surface area (Å²) in [6.45, 7) is 10.6. The largest absolute Gasteiger partial charge is 0.465 e. The van der Waals surface area contributed by atoms with E-state index < -0.39 is 5.97 Å². The summed E-state index contributed by atoms with van der Waals surface area (Å²) in [7, 11) is 1.33. The first-order valence-corrected chi connectivity index (χ1v) is 12.5. The molecule has 0 unspecified atom stereocenters. The second-order valence-corrected chi connectivity index (χ2v) is 9.46. The molecular weight excluding hydrogens is 475 g/mol. The van der Waals surface area contributed by atoms with Gasteiger partial charge in [0.15, 0.2) is 5.11 Å². The molecule has 2 heterocycles. The van der Waals surface area contributed by atoms with E-state index in [0.29, 0.717) is 39.2 Å². The van der Waals surface area contributed by atoms with Crippen LogP contribution >= 0.6 is 23.6 Å². The molecule has 34 heavy (non-hydrogen) atoms. The van der Waals surface area contributed by atoms with E-state index in [1.54, 1.807) is 24.0 Å². The van der Waals surface area contributed by atoms with Crippen LogP contribution in [0.2, 0.25) is 0 Å². The first kappa shape index (κ1) is 26.1. The van der Waals surface area contributed by atoms with Crippen molar-refractivity contribution in [1.29, 1.82) is 0 Å². The number of halogens is 1. The van der Waals surface area contributed by atoms with Gasteiger partial charge in [0.25, 0.3) is 5.91 Å². The first-order chi connectivity index (χ1) is 16.3. The number of anilines is 1. The lowest BCUT2D eigenvalue weighted by Gasteiger charge is -2.36. The molecule has 1 aromatic heterocycles. The summed E-state index contributed by atoms with van der Waals surface area (Å²) in [5, 5.41) is 4.24. The Labute approximate surface area is 209 Å². The Balaban J connectivity index is 1.69. The van der Waals surface area contributed by atoms with E-state index in [4.69, 9.17) is 17.0 Å². The number of carbonyl (C=O) groups excluding carboxylic acids is 2. The fraction of sp³-hybridized carbons (Fsp3) is 0.458. The minimum atomic E-state index is -0.498. The maximum absolute atomic E-state index is 13.1. The summed E-state index contributed by atoms with van der Waals surface area (Å²) in [5.41, 5.74) is 2.02. The highest BCUT2D eigenvalue weighted by Crippen LogP contribution is 2.35. The number of hydrogen-bond acceptors (Lipinski definition) is 6. The highest BCUT2D eigenvalue weighted by atomic mass is 32.1. The summed E-state index contributed by atoms with van der Waals surface area (Å²) in [5.74, 6) is -0.838. The van der Waals surface area contributed by atoms with Gasteiger partial charge in [0.05, 0.1) is 17.6 Å². The Hall–Kier alpha value is -2.56. The Morgan fingerprint density at radius 3 is 2.32 bits per heavy atom. The number of nitrogens with one attached hydrogen (secondary N) is 1. The standard InChI is InChI=1S/C24H31FN4O3S2/c1-5-28(6-2)22(30)20-16(3)19(23(31)32-4)21(34-20)26-24(33)29-13-11-27(12-14-29)15-17-7-9-18(25)10-8-17/h7-10H,5-6,11-15H2,1-4H3,(H,26,33). The maximum atomic E-state index is 13.1. The lowest BCUT2D eigenvalue weighted by molar-refractivity contribution is 0.0601. The Morgan fingerprint density at radius 2 is 1.76 bits per heavy atom. The third-order valence-corrected chi connectivity index (χ3v) is 7.54. The van der Waals surface area contributed by atoms with Gasteiger partial charge in [-0.1, -0.05) is 12.1 Å². The SMILES string of the molecule is CCN(CC)C(=O)c1sc(NC(=S)N2CCN(Cc3ccc(F)cc3)CC2)c(C(=O)OC)c1C. The number of thiocarbonyl (C=S) groups is 1. The molecule has 0 aliphatic carbocycles. The maximum Gasteiger partial charge on any atom is 0.341 e. The molecule has 0 atom stereocenters. The van der Waals surface area contributed by atoms with E-state index >= 15 is 0 Å². The number of rotatable bonds is 7. The van der Waals surface area contributed by atoms with Crippen molar-refractivity contribution in [3.63, 3.8) is 0 Å². The minimum absolute atomic E-state index is 0.106. The van der Waals surface area contributed by atoms with Crippen LogP contribution < -0.4 is 5.32 Å². The van der Waals surface area contributed by atoms with Gasteiger partial charge in [0.2, 0.25) is 0 Å². The molecule has 1 aliphatic heterocycles. The molecule has 2 aromatic rings. The number of hydrogen-bond donors (Lipinski definition) is 1. The Kier molecular flexibility index (Phi) is 8.98. The number of nitrogens with zero attached hydrogens (tertiary/aromatic N) is 3. The predicted octanol–water partition coefficient (Wildman–Crippen LogP) is 3.98. The minimum Gasteiger partial charge on any atom is -0.465 e. The van der Waals surface area contributed by atoms with Gasteiger partial charge < -0.3 is 19.9 Å². The van der Waals surface area contributed by atoms with Crippen LogP contribution in [0.5, 0.6) is 0 Å². The van der Waals surface area contributed by atoms with E-state index in [1.165, 1.54) is 30.6 Å². The molecule has 10 heteroatoms. The number of benzene rings is 1. The van der Waals surface area contributed by atoms with Gasteiger partial charge in [-0.25, -0.2) is 9.18 Å². The first-order valence-electron chi connectivity index (χ1n) is 11.3. The molecular formula is C24H31FN4O3S2. The monoisotopic (exact) mass is 506 g/mol. The zero-order chi connectivity index (χ0) is 24.8. The van der Waals surface area contributed by atoms with Crippen molar-refractivity contribution < 1.29 is 18.7 Å². The van der Waals surface area contributed by atoms with Crippen LogP contribution in [-0.4, -0.2) is 78.1 Å². The van der Waals surface area contributed by atoms with Crippen LogP contribution in [0.4, 0.5) is 9.39 Å². The quantitative estimate of drug-likeness (QED) is 0.450. The Morgan fingerprint density at radius 1 is 1.15 bits per heavy atom. The third-order valence-electron chi connectivity index (χ3n) is 5.98. The second-order valence-electron chi connectivity index (χ2n) is 8.05. The van der Waals surface area contributed by atoms with Crippen molar-refractivity contribution in [2.75, 3.05) is 51.7 Å². The van der Waals surface area contributed by atoms with Crippen LogP contribution in [0.3, 0.4) is 0 Å². The molecule has 0 saturated carbocycles. The highest BCUT2D eigenvalue weighted by Gasteiger charge is 2.28. The molecule has 0 spiro atoms. The fourth-order valence-electron chi connectivity index (χ4n) is 3.94. The zero-order valence-electron chi connectivity index (χ0n) is 20.0. The van der Waals surface area contributed by atoms with Crippen LogP contribution in [0.1, 0.15) is 45.0 Å². The molecule has 1 fully saturated rings. The van der Waals surface area contributed by atoms with Gasteiger partial charge in [-0.2, -0.15) is 0 Å². The smallest absolute Gasteiger partial charge is 0.341 e. The average molecular weight is 507 g/mol. The predicted molar refractivity (Wildman–Crippen MR) is 137 cm³/mol. The highest BCUT2D eigenvalue weighted by molar-refractivity contribution is 7.80. The number of thiophene rings is 1. The number of piperazine rings is 1. The van der Waals surface area contributed by atoms with Crippen molar-refractivity contribution in [2.24, 2.45) is 0 Å². The number of amides is 1. The normalized spacial score (nSPS) is 14.1. The van der Waals surface area contributed by atoms with E-state index in [0.717, 1.165) is 38.3 Å². The molecule has 7 nitrogen and oxygen atoms in total. The number of ether oxygens (including phenoxy) is 1. The van der Waals surface area contributed by atoms with Gasteiger partial charge in [-0.3, -0.25) is 9.69 Å². The summed E-state index contributed by atoms with van der Waals surface area (Å²) in [6.07, 6.45) is 0. The van der Waals surface area contributed by atoms with Crippen LogP contribution in [0, 0.1) is 12.7 Å². The van der Waals surface area contributed by atoms with E-state index in [2.05, 4.69) is 15.1 Å². The summed E-state index contributed by atoms with van der Waals surface area (Å²) in [4.78, 5) is 32.1. The number of carbonyl (C=O) groups is 2. The van der Waals surface area contributed by atoms with Gasteiger partial charge in [-0.05, 0) is 56.2 Å². The second kappa shape index (κ2) is 11.7. The van der Waals surface area contributed by atoms with Crippen molar-refractivity contribution in [1.82, 2.24) is 14.7 Å². The molecule has 1 N–H and O–H groups in total. The molecule has 184 valence electrons. The lowest BCUT2D eigenvalue weighted by atomic mass is 10.1. The molecule has 3 rings (SSSR count). The number of esters is 1. The summed E-state index contributed by atoms with van der Waals surface area (Å²) in [6, 6.07) is 6.56.